The van der Waals surface area contributed by atoms with E-state index < -0.39 is 0 Å². The second-order valence-corrected chi connectivity index (χ2v) is 4.81. The third kappa shape index (κ3) is 3.34. The van der Waals surface area contributed by atoms with Crippen molar-refractivity contribution in [3.05, 3.63) is 11.6 Å². The normalized spacial score (nSPS) is 24.4. The zero-order valence-corrected chi connectivity index (χ0v) is 10.7. The molecule has 1 amide bonds. The van der Waals surface area contributed by atoms with Crippen molar-refractivity contribution in [1.29, 1.82) is 0 Å². The van der Waals surface area contributed by atoms with Crippen LogP contribution in [0.3, 0.4) is 0 Å². The molecule has 2 atom stereocenters. The Morgan fingerprint density at radius 1 is 1.62 bits per heavy atom. The van der Waals surface area contributed by atoms with E-state index in [9.17, 15) is 4.79 Å². The Kier molecular flexibility index (Phi) is 5.00. The lowest BCUT2D eigenvalue weighted by atomic mass is 9.92. The van der Waals surface area contributed by atoms with Gasteiger partial charge in [-0.3, -0.25) is 4.79 Å². The summed E-state index contributed by atoms with van der Waals surface area (Å²) in [6.07, 6.45) is 5.15. The number of allylic oxidation sites excluding steroid dienone is 1. The third-order valence-electron chi connectivity index (χ3n) is 3.34. The van der Waals surface area contributed by atoms with Crippen molar-refractivity contribution in [3.63, 3.8) is 0 Å². The smallest absolute Gasteiger partial charge is 0.249 e. The van der Waals surface area contributed by atoms with Crippen molar-refractivity contribution >= 4 is 5.91 Å². The minimum atomic E-state index is 0.186. The minimum absolute atomic E-state index is 0.186. The second kappa shape index (κ2) is 6.04. The maximum Gasteiger partial charge on any atom is 0.249 e. The Morgan fingerprint density at radius 3 is 2.88 bits per heavy atom. The standard InChI is InChI=1S/C13H24N2O/c1-4-6-10(2)13(16)15-8-5-7-12(9-15)11(3)14/h6,11-12H,4-5,7-9,14H2,1-3H3/b10-6-/t11-,12-/m0/s1. The van der Waals surface area contributed by atoms with Gasteiger partial charge < -0.3 is 10.6 Å². The van der Waals surface area contributed by atoms with Gasteiger partial charge in [0.1, 0.15) is 0 Å². The van der Waals surface area contributed by atoms with Crippen molar-refractivity contribution in [3.8, 4) is 0 Å². The van der Waals surface area contributed by atoms with Crippen LogP contribution < -0.4 is 5.73 Å². The second-order valence-electron chi connectivity index (χ2n) is 4.81. The SMILES string of the molecule is CC/C=C(/C)C(=O)N1CCC[C@H]([C@H](C)N)C1. The van der Waals surface area contributed by atoms with E-state index in [-0.39, 0.29) is 11.9 Å². The van der Waals surface area contributed by atoms with Gasteiger partial charge in [0, 0.05) is 24.7 Å². The molecule has 0 spiro atoms. The van der Waals surface area contributed by atoms with Crippen molar-refractivity contribution in [1.82, 2.24) is 4.90 Å². The Labute approximate surface area is 98.7 Å². The van der Waals surface area contributed by atoms with Gasteiger partial charge in [-0.1, -0.05) is 13.0 Å². The van der Waals surface area contributed by atoms with Gasteiger partial charge in [0.05, 0.1) is 0 Å². The lowest BCUT2D eigenvalue weighted by Gasteiger charge is -2.34. The molecule has 0 unspecified atom stereocenters. The molecule has 0 radical (unpaired) electrons. The van der Waals surface area contributed by atoms with E-state index in [4.69, 9.17) is 5.73 Å². The molecule has 92 valence electrons. The minimum Gasteiger partial charge on any atom is -0.339 e. The van der Waals surface area contributed by atoms with Gasteiger partial charge in [0.15, 0.2) is 0 Å². The Morgan fingerprint density at radius 2 is 2.31 bits per heavy atom. The maximum absolute atomic E-state index is 12.1. The van der Waals surface area contributed by atoms with Gasteiger partial charge in [-0.25, -0.2) is 0 Å². The van der Waals surface area contributed by atoms with Crippen LogP contribution in [0.25, 0.3) is 0 Å². The zero-order valence-electron chi connectivity index (χ0n) is 10.7. The quantitative estimate of drug-likeness (QED) is 0.745. The van der Waals surface area contributed by atoms with Crippen molar-refractivity contribution in [2.45, 2.75) is 46.1 Å². The molecule has 2 N–H and O–H groups in total. The number of carbonyl (C=O) groups excluding carboxylic acids is 1. The maximum atomic E-state index is 12.1. The molecule has 1 heterocycles. The number of hydrogen-bond acceptors (Lipinski definition) is 2. The van der Waals surface area contributed by atoms with Crippen LogP contribution >= 0.6 is 0 Å². The van der Waals surface area contributed by atoms with Crippen molar-refractivity contribution < 1.29 is 4.79 Å². The highest BCUT2D eigenvalue weighted by Gasteiger charge is 2.25. The fraction of sp³-hybridized carbons (Fsp3) is 0.769. The van der Waals surface area contributed by atoms with Gasteiger partial charge in [-0.05, 0) is 39.0 Å². The molecular weight excluding hydrogens is 200 g/mol. The van der Waals surface area contributed by atoms with E-state index in [1.807, 2.05) is 24.8 Å². The number of amides is 1. The molecule has 3 heteroatoms. The van der Waals surface area contributed by atoms with E-state index in [0.717, 1.165) is 37.9 Å². The number of nitrogens with zero attached hydrogens (tertiary/aromatic N) is 1. The fourth-order valence-electron chi connectivity index (χ4n) is 2.27. The molecule has 1 fully saturated rings. The summed E-state index contributed by atoms with van der Waals surface area (Å²) < 4.78 is 0. The molecular formula is C13H24N2O. The number of carbonyl (C=O) groups is 1. The van der Waals surface area contributed by atoms with Crippen LogP contribution in [0, 0.1) is 5.92 Å². The van der Waals surface area contributed by atoms with Crippen LogP contribution in [0.1, 0.15) is 40.0 Å². The van der Waals surface area contributed by atoms with E-state index in [1.165, 1.54) is 0 Å². The first-order chi connectivity index (χ1) is 7.56. The third-order valence-corrected chi connectivity index (χ3v) is 3.34. The van der Waals surface area contributed by atoms with Gasteiger partial charge in [-0.2, -0.15) is 0 Å². The first kappa shape index (κ1) is 13.2. The number of likely N-dealkylation sites (tertiary alicyclic amines) is 1. The summed E-state index contributed by atoms with van der Waals surface area (Å²) >= 11 is 0. The number of piperidine rings is 1. The van der Waals surface area contributed by atoms with Crippen LogP contribution in [-0.4, -0.2) is 29.9 Å². The summed E-state index contributed by atoms with van der Waals surface area (Å²) in [6, 6.07) is 0.186. The summed E-state index contributed by atoms with van der Waals surface area (Å²) in [6.45, 7) is 7.70. The predicted molar refractivity (Wildman–Crippen MR) is 67.0 cm³/mol. The molecule has 0 bridgehead atoms. The monoisotopic (exact) mass is 224 g/mol. The molecule has 0 aliphatic carbocycles. The van der Waals surface area contributed by atoms with Crippen LogP contribution in [0.15, 0.2) is 11.6 Å². The van der Waals surface area contributed by atoms with Crippen molar-refractivity contribution in [2.24, 2.45) is 11.7 Å². The highest BCUT2D eigenvalue weighted by atomic mass is 16.2. The largest absolute Gasteiger partial charge is 0.339 e. The molecule has 0 aromatic rings. The molecule has 1 aliphatic rings. The fourth-order valence-corrected chi connectivity index (χ4v) is 2.27. The molecule has 0 aromatic carbocycles. The summed E-state index contributed by atoms with van der Waals surface area (Å²) in [5.74, 6) is 0.652. The van der Waals surface area contributed by atoms with Crippen LogP contribution in [0.2, 0.25) is 0 Å². The molecule has 0 saturated carbocycles. The Bertz CT molecular complexity index is 271. The molecule has 1 rings (SSSR count). The van der Waals surface area contributed by atoms with Gasteiger partial charge in [0.25, 0.3) is 0 Å². The Balaban J connectivity index is 2.60. The van der Waals surface area contributed by atoms with Gasteiger partial charge in [0.2, 0.25) is 5.91 Å². The molecule has 0 aromatic heterocycles. The molecule has 16 heavy (non-hydrogen) atoms. The first-order valence-corrected chi connectivity index (χ1v) is 6.27. The Hall–Kier alpha value is -0.830. The average molecular weight is 224 g/mol. The summed E-state index contributed by atoms with van der Waals surface area (Å²) in [4.78, 5) is 14.0. The van der Waals surface area contributed by atoms with Gasteiger partial charge >= 0.3 is 0 Å². The van der Waals surface area contributed by atoms with Crippen molar-refractivity contribution in [2.75, 3.05) is 13.1 Å². The van der Waals surface area contributed by atoms with Crippen LogP contribution in [0.4, 0.5) is 0 Å². The summed E-state index contributed by atoms with van der Waals surface area (Å²) in [5.41, 5.74) is 6.78. The van der Waals surface area contributed by atoms with E-state index in [2.05, 4.69) is 6.92 Å². The lowest BCUT2D eigenvalue weighted by Crippen LogP contribution is -2.45. The molecule has 1 saturated heterocycles. The van der Waals surface area contributed by atoms with E-state index in [0.29, 0.717) is 5.92 Å². The van der Waals surface area contributed by atoms with Gasteiger partial charge in [-0.15, -0.1) is 0 Å². The topological polar surface area (TPSA) is 46.3 Å². The van der Waals surface area contributed by atoms with Crippen LogP contribution in [0.5, 0.6) is 0 Å². The number of hydrogen-bond donors (Lipinski definition) is 1. The average Bonchev–Trinajstić information content (AvgIpc) is 2.28. The highest BCUT2D eigenvalue weighted by molar-refractivity contribution is 5.92. The number of nitrogens with two attached hydrogens (primary N) is 1. The lowest BCUT2D eigenvalue weighted by molar-refractivity contribution is -0.129. The summed E-state index contributed by atoms with van der Waals surface area (Å²) in [7, 11) is 0. The number of rotatable bonds is 3. The predicted octanol–water partition coefficient (Wildman–Crippen LogP) is 1.93. The van der Waals surface area contributed by atoms with E-state index in [1.54, 1.807) is 0 Å². The highest BCUT2D eigenvalue weighted by Crippen LogP contribution is 2.20. The molecule has 3 nitrogen and oxygen atoms in total. The van der Waals surface area contributed by atoms with Crippen LogP contribution in [-0.2, 0) is 4.79 Å². The first-order valence-electron chi connectivity index (χ1n) is 6.27. The van der Waals surface area contributed by atoms with E-state index >= 15 is 0 Å². The summed E-state index contributed by atoms with van der Waals surface area (Å²) in [5, 5.41) is 0. The molecule has 1 aliphatic heterocycles. The zero-order chi connectivity index (χ0) is 12.1.